The number of para-hydroxylation sites is 1. The average Bonchev–Trinajstić information content (AvgIpc) is 3.67. The molecule has 1 aliphatic heterocycles. The van der Waals surface area contributed by atoms with E-state index in [0.717, 1.165) is 30.0 Å². The van der Waals surface area contributed by atoms with E-state index in [1.54, 1.807) is 30.4 Å². The number of allylic oxidation sites excluding steroid dienone is 2. The van der Waals surface area contributed by atoms with Crippen molar-refractivity contribution in [2.75, 3.05) is 7.11 Å². The van der Waals surface area contributed by atoms with Crippen LogP contribution in [0.15, 0.2) is 77.4 Å². The number of amides is 2. The second kappa shape index (κ2) is 8.62. The van der Waals surface area contributed by atoms with Gasteiger partial charge in [0.1, 0.15) is 18.2 Å². The lowest BCUT2D eigenvalue weighted by atomic mass is 9.93. The number of carbonyl (C=O) groups excluding carboxylic acids is 2. The summed E-state index contributed by atoms with van der Waals surface area (Å²) in [6.07, 6.45) is 7.56. The first kappa shape index (κ1) is 21.1. The van der Waals surface area contributed by atoms with E-state index in [2.05, 4.69) is 29.6 Å². The highest BCUT2D eigenvalue weighted by Crippen LogP contribution is 2.34. The van der Waals surface area contributed by atoms with Crippen LogP contribution in [0.25, 0.3) is 0 Å². The first-order chi connectivity index (χ1) is 16.0. The Balaban J connectivity index is 1.41. The van der Waals surface area contributed by atoms with E-state index in [1.165, 1.54) is 12.7 Å². The molecule has 2 aromatic carbocycles. The van der Waals surface area contributed by atoms with Crippen LogP contribution >= 0.6 is 0 Å². The van der Waals surface area contributed by atoms with Crippen molar-refractivity contribution in [3.05, 3.63) is 89.1 Å². The summed E-state index contributed by atoms with van der Waals surface area (Å²) in [4.78, 5) is 31.3. The highest BCUT2D eigenvalue weighted by Gasteiger charge is 2.45. The number of hydrogen-bond acceptors (Lipinski definition) is 4. The molecule has 1 saturated carbocycles. The van der Waals surface area contributed by atoms with Gasteiger partial charge in [0, 0.05) is 5.70 Å². The zero-order valence-corrected chi connectivity index (χ0v) is 18.7. The number of carbonyl (C=O) groups is 2. The zero-order chi connectivity index (χ0) is 22.9. The largest absolute Gasteiger partial charge is 0.496 e. The van der Waals surface area contributed by atoms with Gasteiger partial charge in [0.15, 0.2) is 5.71 Å². The van der Waals surface area contributed by atoms with Crippen LogP contribution < -0.4 is 10.1 Å². The first-order valence-corrected chi connectivity index (χ1v) is 11.2. The molecule has 2 aromatic rings. The van der Waals surface area contributed by atoms with Crippen molar-refractivity contribution in [1.82, 2.24) is 5.32 Å². The van der Waals surface area contributed by atoms with Crippen LogP contribution in [0.1, 0.15) is 34.3 Å². The third-order valence-corrected chi connectivity index (χ3v) is 6.16. The minimum absolute atomic E-state index is 0.00383. The molecule has 0 bridgehead atoms. The second-order valence-corrected chi connectivity index (χ2v) is 8.67. The first-order valence-electron chi connectivity index (χ1n) is 11.2. The second-order valence-electron chi connectivity index (χ2n) is 8.67. The van der Waals surface area contributed by atoms with Crippen LogP contribution in [0.5, 0.6) is 5.75 Å². The summed E-state index contributed by atoms with van der Waals surface area (Å²) in [7, 11) is 1.53. The Bertz CT molecular complexity index is 1250. The van der Waals surface area contributed by atoms with Gasteiger partial charge in [0.2, 0.25) is 0 Å². The van der Waals surface area contributed by atoms with Crippen molar-refractivity contribution in [2.45, 2.75) is 26.3 Å². The monoisotopic (exact) mass is 440 g/mol. The number of ether oxygens (including phenoxy) is 1. The van der Waals surface area contributed by atoms with Crippen molar-refractivity contribution >= 4 is 23.4 Å². The van der Waals surface area contributed by atoms with Gasteiger partial charge in [-0.1, -0.05) is 42.0 Å². The summed E-state index contributed by atoms with van der Waals surface area (Å²) >= 11 is 0. The van der Waals surface area contributed by atoms with Gasteiger partial charge in [0.25, 0.3) is 5.91 Å². The predicted octanol–water partition coefficient (Wildman–Crippen LogP) is 3.81. The maximum absolute atomic E-state index is 13.6. The van der Waals surface area contributed by atoms with Crippen molar-refractivity contribution in [1.29, 1.82) is 0 Å². The van der Waals surface area contributed by atoms with Crippen LogP contribution in [0, 0.1) is 18.8 Å². The lowest BCUT2D eigenvalue weighted by Gasteiger charge is -2.20. The smallest absolute Gasteiger partial charge is 0.325 e. The number of hydrogen-bond donors (Lipinski definition) is 1. The Morgan fingerprint density at radius 3 is 2.61 bits per heavy atom. The molecule has 33 heavy (non-hydrogen) atoms. The molecule has 6 heteroatoms. The standard InChI is InChI=1S/C27H25N3O3/c1-17-7-9-18(10-8-17)16-30-25(19-11-12-19)29-23-14-13-20(15-22(23)27(30)32)28-26(31)21-5-3-4-6-24(21)33-2/h3-10,13-15,19,22H,11-12,16H2,1-2H3/p+1. The van der Waals surface area contributed by atoms with Crippen LogP contribution in [0.4, 0.5) is 0 Å². The van der Waals surface area contributed by atoms with Crippen molar-refractivity contribution in [3.8, 4) is 5.75 Å². The molecule has 1 unspecified atom stereocenters. The van der Waals surface area contributed by atoms with Crippen LogP contribution in [-0.2, 0) is 11.3 Å². The Hall–Kier alpha value is -3.80. The van der Waals surface area contributed by atoms with Gasteiger partial charge in [-0.2, -0.15) is 4.58 Å². The zero-order valence-electron chi connectivity index (χ0n) is 18.7. The molecule has 1 fully saturated rings. The average molecular weight is 441 g/mol. The molecule has 5 rings (SSSR count). The molecule has 1 atom stereocenters. The fourth-order valence-electron chi connectivity index (χ4n) is 4.18. The molecule has 2 amide bonds. The van der Waals surface area contributed by atoms with Gasteiger partial charge in [-0.3, -0.25) is 4.79 Å². The summed E-state index contributed by atoms with van der Waals surface area (Å²) in [6.45, 7) is 2.55. The number of benzene rings is 2. The number of rotatable bonds is 6. The van der Waals surface area contributed by atoms with E-state index in [-0.39, 0.29) is 11.8 Å². The van der Waals surface area contributed by atoms with Crippen molar-refractivity contribution in [3.63, 3.8) is 0 Å². The Kier molecular flexibility index (Phi) is 5.50. The number of nitrogens with one attached hydrogen (secondary N) is 1. The van der Waals surface area contributed by atoms with Gasteiger partial charge in [0.05, 0.1) is 18.6 Å². The molecule has 6 nitrogen and oxygen atoms in total. The van der Waals surface area contributed by atoms with Gasteiger partial charge < -0.3 is 10.1 Å². The van der Waals surface area contributed by atoms with Crippen molar-refractivity contribution < 1.29 is 18.9 Å². The topological polar surface area (TPSA) is 70.8 Å². The highest BCUT2D eigenvalue weighted by molar-refractivity contribution is 6.18. The third-order valence-electron chi connectivity index (χ3n) is 6.16. The number of aliphatic imine (C=N–C) groups is 1. The van der Waals surface area contributed by atoms with Crippen LogP contribution in [0.3, 0.4) is 0 Å². The molecule has 1 heterocycles. The number of nitrogens with zero attached hydrogens (tertiary/aromatic N) is 2. The van der Waals surface area contributed by atoms with Gasteiger partial charge in [-0.05, 0) is 60.7 Å². The Morgan fingerprint density at radius 2 is 1.88 bits per heavy atom. The fourth-order valence-corrected chi connectivity index (χ4v) is 4.18. The third kappa shape index (κ3) is 4.29. The quantitative estimate of drug-likeness (QED) is 0.695. The number of fused-ring (bicyclic) bond motifs is 1. The van der Waals surface area contributed by atoms with E-state index in [0.29, 0.717) is 29.5 Å². The van der Waals surface area contributed by atoms with Crippen LogP contribution in [0.2, 0.25) is 0 Å². The number of methoxy groups -OCH3 is 1. The molecular formula is C27H26N3O3+. The van der Waals surface area contributed by atoms with E-state index >= 15 is 0 Å². The van der Waals surface area contributed by atoms with Gasteiger partial charge in [-0.25, -0.2) is 4.79 Å². The maximum Gasteiger partial charge on any atom is 0.325 e. The summed E-state index contributed by atoms with van der Waals surface area (Å²) in [6, 6.07) is 15.3. The maximum atomic E-state index is 13.6. The number of aryl methyl sites for hydroxylation is 1. The normalized spacial score (nSPS) is 19.6. The molecular weight excluding hydrogens is 414 g/mol. The predicted molar refractivity (Wildman–Crippen MR) is 126 cm³/mol. The fraction of sp³-hybridized carbons (Fsp3) is 0.259. The highest BCUT2D eigenvalue weighted by atomic mass is 16.5. The summed E-state index contributed by atoms with van der Waals surface area (Å²) in [5, 5.41) is 2.90. The minimum Gasteiger partial charge on any atom is -0.496 e. The van der Waals surface area contributed by atoms with Crippen molar-refractivity contribution in [2.24, 2.45) is 16.8 Å². The molecule has 166 valence electrons. The Morgan fingerprint density at radius 1 is 1.12 bits per heavy atom. The lowest BCUT2D eigenvalue weighted by Crippen LogP contribution is -2.41. The molecule has 3 aliphatic rings. The Labute approximate surface area is 193 Å². The van der Waals surface area contributed by atoms with E-state index in [4.69, 9.17) is 9.73 Å². The van der Waals surface area contributed by atoms with E-state index in [1.807, 2.05) is 23.6 Å². The molecule has 0 saturated heterocycles. The summed E-state index contributed by atoms with van der Waals surface area (Å²) < 4.78 is 7.12. The molecule has 0 spiro atoms. The molecule has 0 aromatic heterocycles. The lowest BCUT2D eigenvalue weighted by molar-refractivity contribution is -0.469. The molecule has 1 N–H and O–H groups in total. The van der Waals surface area contributed by atoms with Crippen LogP contribution in [-0.4, -0.2) is 35.0 Å². The van der Waals surface area contributed by atoms with Gasteiger partial charge in [-0.15, -0.1) is 0 Å². The molecule has 2 aliphatic carbocycles. The SMILES string of the molecule is COc1ccccc1C(=O)NC1=CC2C(=O)[N+](Cc3ccc(C)cc3)=C(C3CC3)N=C2C=C1. The summed E-state index contributed by atoms with van der Waals surface area (Å²) in [5.74, 6) is 0.906. The molecule has 0 radical (unpaired) electrons. The minimum atomic E-state index is -0.518. The summed E-state index contributed by atoms with van der Waals surface area (Å²) in [5.41, 5.74) is 4.01. The van der Waals surface area contributed by atoms with Gasteiger partial charge >= 0.3 is 11.7 Å². The van der Waals surface area contributed by atoms with E-state index in [9.17, 15) is 9.59 Å². The number of amidine groups is 1. The van der Waals surface area contributed by atoms with E-state index < -0.39 is 5.92 Å².